The van der Waals surface area contributed by atoms with Gasteiger partial charge in [-0.3, -0.25) is 4.79 Å². The number of amides is 1. The molecule has 2 nitrogen and oxygen atoms in total. The number of hydrogen-bond donors (Lipinski definition) is 0. The maximum absolute atomic E-state index is 13.0. The molecule has 0 bridgehead atoms. The van der Waals surface area contributed by atoms with Gasteiger partial charge in [0.25, 0.3) is 0 Å². The summed E-state index contributed by atoms with van der Waals surface area (Å²) in [5.74, 6) is 0.225. The monoisotopic (exact) mass is 389 g/mol. The van der Waals surface area contributed by atoms with Gasteiger partial charge in [0, 0.05) is 19.5 Å². The fourth-order valence-corrected chi connectivity index (χ4v) is 3.89. The van der Waals surface area contributed by atoms with Gasteiger partial charge in [-0.15, -0.1) is 0 Å². The van der Waals surface area contributed by atoms with Crippen LogP contribution in [0.25, 0.3) is 0 Å². The first-order valence-electron chi connectivity index (χ1n) is 9.54. The molecule has 1 atom stereocenters. The number of hydrogen-bond acceptors (Lipinski definition) is 1. The highest BCUT2D eigenvalue weighted by Gasteiger charge is 2.39. The predicted octanol–water partition coefficient (Wildman–Crippen LogP) is 5.63. The molecular weight excluding hydrogens is 363 g/mol. The zero-order chi connectivity index (χ0) is 20.5. The molecule has 0 saturated carbocycles. The molecule has 0 N–H and O–H groups in total. The normalized spacial score (nSPS) is 18.0. The third kappa shape index (κ3) is 4.75. The van der Waals surface area contributed by atoms with Gasteiger partial charge in [0.05, 0.1) is 5.56 Å². The van der Waals surface area contributed by atoms with Crippen molar-refractivity contribution < 1.29 is 18.0 Å². The molecule has 3 rings (SSSR count). The van der Waals surface area contributed by atoms with Gasteiger partial charge in [0.2, 0.25) is 5.91 Å². The number of aryl methyl sites for hydroxylation is 1. The minimum Gasteiger partial charge on any atom is -0.338 e. The van der Waals surface area contributed by atoms with Crippen molar-refractivity contribution in [3.63, 3.8) is 0 Å². The Bertz CT molecular complexity index is 840. The van der Waals surface area contributed by atoms with Gasteiger partial charge in [-0.25, -0.2) is 0 Å². The van der Waals surface area contributed by atoms with E-state index in [0.29, 0.717) is 31.5 Å². The molecule has 1 aliphatic heterocycles. The highest BCUT2D eigenvalue weighted by molar-refractivity contribution is 5.78. The summed E-state index contributed by atoms with van der Waals surface area (Å²) in [4.78, 5) is 14.4. The Morgan fingerprint density at radius 3 is 2.36 bits per heavy atom. The third-order valence-electron chi connectivity index (χ3n) is 5.73. The standard InChI is InChI=1S/C23H26F3NO/c1-16-7-9-17(10-8-16)14-27-15-20(12-21(27)28)22(2,3)13-18-5-4-6-19(11-18)23(24,25)26/h4-11,20H,12-15H2,1-3H3. The van der Waals surface area contributed by atoms with Gasteiger partial charge in [-0.2, -0.15) is 13.2 Å². The van der Waals surface area contributed by atoms with Crippen LogP contribution in [-0.4, -0.2) is 17.4 Å². The maximum Gasteiger partial charge on any atom is 0.416 e. The summed E-state index contributed by atoms with van der Waals surface area (Å²) in [6.07, 6.45) is -3.39. The number of rotatable bonds is 5. The predicted molar refractivity (Wildman–Crippen MR) is 104 cm³/mol. The van der Waals surface area contributed by atoms with Crippen LogP contribution in [0.1, 0.15) is 42.5 Å². The van der Waals surface area contributed by atoms with Crippen molar-refractivity contribution in [1.29, 1.82) is 0 Å². The van der Waals surface area contributed by atoms with Crippen molar-refractivity contribution in [1.82, 2.24) is 4.90 Å². The molecule has 1 aliphatic rings. The number of carbonyl (C=O) groups excluding carboxylic acids is 1. The average Bonchev–Trinajstić information content (AvgIpc) is 2.98. The van der Waals surface area contributed by atoms with Crippen molar-refractivity contribution >= 4 is 5.91 Å². The molecule has 1 fully saturated rings. The highest BCUT2D eigenvalue weighted by Crippen LogP contribution is 2.39. The van der Waals surface area contributed by atoms with Crippen molar-refractivity contribution in [2.45, 2.75) is 46.3 Å². The topological polar surface area (TPSA) is 20.3 Å². The second-order valence-corrected chi connectivity index (χ2v) is 8.52. The molecule has 0 aliphatic carbocycles. The number of benzene rings is 2. The fraction of sp³-hybridized carbons (Fsp3) is 0.435. The minimum absolute atomic E-state index is 0.111. The van der Waals surface area contributed by atoms with Crippen LogP contribution in [0.5, 0.6) is 0 Å². The highest BCUT2D eigenvalue weighted by atomic mass is 19.4. The molecule has 1 unspecified atom stereocenters. The quantitative estimate of drug-likeness (QED) is 0.649. The van der Waals surface area contributed by atoms with Crippen molar-refractivity contribution in [2.75, 3.05) is 6.54 Å². The van der Waals surface area contributed by atoms with Crippen LogP contribution in [0.3, 0.4) is 0 Å². The van der Waals surface area contributed by atoms with E-state index in [1.807, 2.05) is 49.9 Å². The minimum atomic E-state index is -4.34. The Balaban J connectivity index is 1.69. The molecule has 150 valence electrons. The molecule has 1 heterocycles. The lowest BCUT2D eigenvalue weighted by atomic mass is 9.74. The second kappa shape index (κ2) is 7.61. The smallest absolute Gasteiger partial charge is 0.338 e. The zero-order valence-electron chi connectivity index (χ0n) is 16.5. The first-order valence-corrected chi connectivity index (χ1v) is 9.54. The van der Waals surface area contributed by atoms with Gasteiger partial charge < -0.3 is 4.90 Å². The molecule has 0 radical (unpaired) electrons. The molecule has 1 amide bonds. The number of halogens is 3. The van der Waals surface area contributed by atoms with Crippen molar-refractivity contribution in [2.24, 2.45) is 11.3 Å². The van der Waals surface area contributed by atoms with E-state index >= 15 is 0 Å². The van der Waals surface area contributed by atoms with Crippen molar-refractivity contribution in [3.8, 4) is 0 Å². The molecule has 0 spiro atoms. The first-order chi connectivity index (χ1) is 13.0. The van der Waals surface area contributed by atoms with E-state index in [2.05, 4.69) is 0 Å². The van der Waals surface area contributed by atoms with Crippen LogP contribution in [0.2, 0.25) is 0 Å². The SMILES string of the molecule is Cc1ccc(CN2CC(C(C)(C)Cc3cccc(C(F)(F)F)c3)CC2=O)cc1. The zero-order valence-corrected chi connectivity index (χ0v) is 16.5. The van der Waals surface area contributed by atoms with E-state index in [1.54, 1.807) is 6.07 Å². The third-order valence-corrected chi connectivity index (χ3v) is 5.73. The summed E-state index contributed by atoms with van der Waals surface area (Å²) in [7, 11) is 0. The molecule has 1 saturated heterocycles. The van der Waals surface area contributed by atoms with Crippen LogP contribution in [0, 0.1) is 18.3 Å². The van der Waals surface area contributed by atoms with Crippen molar-refractivity contribution in [3.05, 3.63) is 70.8 Å². The van der Waals surface area contributed by atoms with E-state index in [1.165, 1.54) is 17.7 Å². The average molecular weight is 389 g/mol. The summed E-state index contributed by atoms with van der Waals surface area (Å²) in [6.45, 7) is 7.33. The van der Waals surface area contributed by atoms with Gasteiger partial charge in [-0.1, -0.05) is 61.9 Å². The van der Waals surface area contributed by atoms with Crippen LogP contribution in [0.4, 0.5) is 13.2 Å². The molecule has 5 heteroatoms. The van der Waals surface area contributed by atoms with E-state index in [-0.39, 0.29) is 17.2 Å². The number of likely N-dealkylation sites (tertiary alicyclic amines) is 1. The summed E-state index contributed by atoms with van der Waals surface area (Å²) < 4.78 is 39.0. The lowest BCUT2D eigenvalue weighted by Crippen LogP contribution is -2.30. The summed E-state index contributed by atoms with van der Waals surface area (Å²) in [6, 6.07) is 13.6. The van der Waals surface area contributed by atoms with E-state index in [4.69, 9.17) is 0 Å². The van der Waals surface area contributed by atoms with Gasteiger partial charge in [-0.05, 0) is 41.9 Å². The van der Waals surface area contributed by atoms with Gasteiger partial charge in [0.1, 0.15) is 0 Å². The van der Waals surface area contributed by atoms with E-state index in [0.717, 1.165) is 11.6 Å². The Morgan fingerprint density at radius 2 is 1.71 bits per heavy atom. The molecule has 2 aromatic carbocycles. The molecule has 0 aromatic heterocycles. The fourth-order valence-electron chi connectivity index (χ4n) is 3.89. The largest absolute Gasteiger partial charge is 0.416 e. The first kappa shape index (κ1) is 20.4. The van der Waals surface area contributed by atoms with Crippen LogP contribution < -0.4 is 0 Å². The number of carbonyl (C=O) groups is 1. The number of alkyl halides is 3. The van der Waals surface area contributed by atoms with Gasteiger partial charge in [0.15, 0.2) is 0 Å². The number of nitrogens with zero attached hydrogens (tertiary/aromatic N) is 1. The Labute approximate surface area is 164 Å². The van der Waals surface area contributed by atoms with E-state index < -0.39 is 11.7 Å². The van der Waals surface area contributed by atoms with Crippen LogP contribution in [-0.2, 0) is 23.9 Å². The molecular formula is C23H26F3NO. The van der Waals surface area contributed by atoms with Crippen LogP contribution in [0.15, 0.2) is 48.5 Å². The lowest BCUT2D eigenvalue weighted by molar-refractivity contribution is -0.137. The molecule has 28 heavy (non-hydrogen) atoms. The summed E-state index contributed by atoms with van der Waals surface area (Å²) in [5.41, 5.74) is 2.03. The second-order valence-electron chi connectivity index (χ2n) is 8.52. The van der Waals surface area contributed by atoms with Gasteiger partial charge >= 0.3 is 6.18 Å². The molecule has 2 aromatic rings. The Hall–Kier alpha value is -2.30. The lowest BCUT2D eigenvalue weighted by Gasteiger charge is -2.31. The summed E-state index contributed by atoms with van der Waals surface area (Å²) >= 11 is 0. The Morgan fingerprint density at radius 1 is 1.04 bits per heavy atom. The summed E-state index contributed by atoms with van der Waals surface area (Å²) in [5, 5.41) is 0. The van der Waals surface area contributed by atoms with E-state index in [9.17, 15) is 18.0 Å². The Kier molecular flexibility index (Phi) is 5.55. The van der Waals surface area contributed by atoms with Crippen LogP contribution >= 0.6 is 0 Å². The maximum atomic E-state index is 13.0.